The third-order valence-electron chi connectivity index (χ3n) is 5.99. The number of rotatable bonds is 8. The summed E-state index contributed by atoms with van der Waals surface area (Å²) >= 11 is 0. The first-order chi connectivity index (χ1) is 15.3. The van der Waals surface area contributed by atoms with E-state index < -0.39 is 54.2 Å². The molecule has 2 N–H and O–H groups in total. The van der Waals surface area contributed by atoms with Crippen molar-refractivity contribution >= 4 is 17.5 Å². The quantitative estimate of drug-likeness (QED) is 0.350. The molecule has 2 saturated heterocycles. The first-order valence-corrected chi connectivity index (χ1v) is 10.4. The SMILES string of the molecule is NC(CC(=O)N1CCC2CN(CC(=O)C(=O)CC(F)(F)F)CC21)Cc1cc(F)c(F)cc1F. The monoisotopic (exact) mass is 479 g/mol. The maximum absolute atomic E-state index is 13.8. The Hall–Kier alpha value is -2.47. The number of hydrogen-bond acceptors (Lipinski definition) is 5. The lowest BCUT2D eigenvalue weighted by atomic mass is 10.0. The molecule has 1 aromatic rings. The number of hydrogen-bond donors (Lipinski definition) is 1. The maximum atomic E-state index is 13.8. The van der Waals surface area contributed by atoms with Gasteiger partial charge in [0.05, 0.1) is 6.54 Å². The number of benzene rings is 1. The van der Waals surface area contributed by atoms with Gasteiger partial charge in [-0.1, -0.05) is 0 Å². The van der Waals surface area contributed by atoms with Gasteiger partial charge >= 0.3 is 6.18 Å². The first-order valence-electron chi connectivity index (χ1n) is 10.4. The van der Waals surface area contributed by atoms with Crippen LogP contribution in [0.4, 0.5) is 26.3 Å². The van der Waals surface area contributed by atoms with Gasteiger partial charge in [0.25, 0.3) is 0 Å². The van der Waals surface area contributed by atoms with Crippen LogP contribution < -0.4 is 5.73 Å². The van der Waals surface area contributed by atoms with E-state index in [2.05, 4.69) is 0 Å². The molecule has 3 unspecified atom stereocenters. The van der Waals surface area contributed by atoms with Crippen molar-refractivity contribution in [2.24, 2.45) is 11.7 Å². The third kappa shape index (κ3) is 6.32. The Morgan fingerprint density at radius 1 is 1.03 bits per heavy atom. The fraction of sp³-hybridized carbons (Fsp3) is 0.571. The van der Waals surface area contributed by atoms with Crippen LogP contribution in [-0.2, 0) is 20.8 Å². The van der Waals surface area contributed by atoms with Gasteiger partial charge in [-0.15, -0.1) is 0 Å². The molecule has 0 saturated carbocycles. The van der Waals surface area contributed by atoms with Crippen molar-refractivity contribution < 1.29 is 40.7 Å². The zero-order chi connectivity index (χ0) is 24.5. The summed E-state index contributed by atoms with van der Waals surface area (Å²) in [5.74, 6) is -6.47. The molecule has 0 radical (unpaired) electrons. The molecule has 0 spiro atoms. The van der Waals surface area contributed by atoms with E-state index >= 15 is 0 Å². The average Bonchev–Trinajstić information content (AvgIpc) is 3.24. The molecule has 1 aromatic carbocycles. The Balaban J connectivity index is 1.53. The predicted octanol–water partition coefficient (Wildman–Crippen LogP) is 1.99. The van der Waals surface area contributed by atoms with Crippen molar-refractivity contribution in [1.82, 2.24) is 9.80 Å². The molecule has 3 atom stereocenters. The summed E-state index contributed by atoms with van der Waals surface area (Å²) in [7, 11) is 0. The fourth-order valence-electron chi connectivity index (χ4n) is 4.48. The van der Waals surface area contributed by atoms with Gasteiger partial charge in [-0.2, -0.15) is 13.2 Å². The second-order valence-electron chi connectivity index (χ2n) is 8.56. The Morgan fingerprint density at radius 3 is 2.36 bits per heavy atom. The van der Waals surface area contributed by atoms with E-state index in [0.29, 0.717) is 31.6 Å². The van der Waals surface area contributed by atoms with Crippen LogP contribution in [0.5, 0.6) is 0 Å². The van der Waals surface area contributed by atoms with E-state index in [1.807, 2.05) is 0 Å². The number of ketones is 2. The van der Waals surface area contributed by atoms with Gasteiger partial charge < -0.3 is 10.6 Å². The molecular weight excluding hydrogens is 456 g/mol. The van der Waals surface area contributed by atoms with Crippen LogP contribution in [0.2, 0.25) is 0 Å². The van der Waals surface area contributed by atoms with Gasteiger partial charge in [-0.25, -0.2) is 13.2 Å². The number of alkyl halides is 3. The topological polar surface area (TPSA) is 83.7 Å². The molecule has 2 aliphatic heterocycles. The Labute approximate surface area is 185 Å². The number of carbonyl (C=O) groups excluding carboxylic acids is 3. The highest BCUT2D eigenvalue weighted by molar-refractivity contribution is 6.38. The summed E-state index contributed by atoms with van der Waals surface area (Å²) in [5, 5.41) is 0. The molecule has 0 bridgehead atoms. The lowest BCUT2D eigenvalue weighted by Gasteiger charge is -2.26. The minimum Gasteiger partial charge on any atom is -0.338 e. The number of halogens is 6. The van der Waals surface area contributed by atoms with Gasteiger partial charge in [-0.05, 0) is 30.4 Å². The van der Waals surface area contributed by atoms with Gasteiger partial charge in [0.1, 0.15) is 12.2 Å². The summed E-state index contributed by atoms with van der Waals surface area (Å²) in [4.78, 5) is 39.2. The molecule has 3 rings (SSSR count). The van der Waals surface area contributed by atoms with Crippen LogP contribution in [0, 0.1) is 23.4 Å². The molecule has 0 aromatic heterocycles. The number of nitrogens with two attached hydrogens (primary N) is 1. The van der Waals surface area contributed by atoms with Crippen molar-refractivity contribution in [2.75, 3.05) is 26.2 Å². The fourth-order valence-corrected chi connectivity index (χ4v) is 4.48. The standard InChI is InChI=1S/C21H23F6N3O3/c22-14-6-16(24)15(23)4-12(14)3-13(28)5-20(33)30-2-1-11-8-29(9-17(11)30)10-19(32)18(31)7-21(25,26)27/h4,6,11,13,17H,1-3,5,7-10,28H2. The van der Waals surface area contributed by atoms with E-state index in [1.165, 1.54) is 0 Å². The number of amides is 1. The number of likely N-dealkylation sites (tertiary alicyclic amines) is 2. The van der Waals surface area contributed by atoms with Crippen LogP contribution in [0.3, 0.4) is 0 Å². The number of Topliss-reactive ketones (excluding diaryl/α,β-unsaturated/α-hetero) is 2. The Bertz CT molecular complexity index is 939. The Kier molecular flexibility index (Phi) is 7.47. The molecule has 0 aliphatic carbocycles. The molecule has 2 aliphatic rings. The van der Waals surface area contributed by atoms with Crippen LogP contribution >= 0.6 is 0 Å². The first kappa shape index (κ1) is 25.2. The molecule has 2 fully saturated rings. The molecule has 2 heterocycles. The summed E-state index contributed by atoms with van der Waals surface area (Å²) in [6.07, 6.45) is -6.29. The highest BCUT2D eigenvalue weighted by atomic mass is 19.4. The highest BCUT2D eigenvalue weighted by Gasteiger charge is 2.44. The van der Waals surface area contributed by atoms with Gasteiger partial charge in [0.15, 0.2) is 11.6 Å². The average molecular weight is 479 g/mol. The molecule has 12 heteroatoms. The maximum Gasteiger partial charge on any atom is 0.396 e. The van der Waals surface area contributed by atoms with Gasteiger partial charge in [-0.3, -0.25) is 19.3 Å². The minimum absolute atomic E-state index is 0.000619. The van der Waals surface area contributed by atoms with Crippen molar-refractivity contribution in [2.45, 2.75) is 43.9 Å². The summed E-state index contributed by atoms with van der Waals surface area (Å²) < 4.78 is 77.2. The predicted molar refractivity (Wildman–Crippen MR) is 103 cm³/mol. The summed E-state index contributed by atoms with van der Waals surface area (Å²) in [6, 6.07) is -0.0180. The summed E-state index contributed by atoms with van der Waals surface area (Å²) in [5.41, 5.74) is 5.78. The van der Waals surface area contributed by atoms with E-state index in [4.69, 9.17) is 5.73 Å². The number of nitrogens with zero attached hydrogens (tertiary/aromatic N) is 2. The highest BCUT2D eigenvalue weighted by Crippen LogP contribution is 2.32. The Morgan fingerprint density at radius 2 is 1.70 bits per heavy atom. The van der Waals surface area contributed by atoms with E-state index in [9.17, 15) is 40.7 Å². The van der Waals surface area contributed by atoms with Crippen LogP contribution in [-0.4, -0.2) is 71.7 Å². The van der Waals surface area contributed by atoms with Crippen molar-refractivity contribution in [3.8, 4) is 0 Å². The van der Waals surface area contributed by atoms with E-state index in [-0.39, 0.29) is 42.8 Å². The smallest absolute Gasteiger partial charge is 0.338 e. The molecule has 33 heavy (non-hydrogen) atoms. The molecule has 182 valence electrons. The minimum atomic E-state index is -4.75. The van der Waals surface area contributed by atoms with E-state index in [1.54, 1.807) is 9.80 Å². The second kappa shape index (κ2) is 9.80. The van der Waals surface area contributed by atoms with E-state index in [0.717, 1.165) is 0 Å². The normalized spacial score (nSPS) is 21.8. The lowest BCUT2D eigenvalue weighted by Crippen LogP contribution is -2.43. The lowest BCUT2D eigenvalue weighted by molar-refractivity contribution is -0.158. The van der Waals surface area contributed by atoms with Gasteiger partial charge in [0, 0.05) is 44.2 Å². The van der Waals surface area contributed by atoms with Crippen molar-refractivity contribution in [3.63, 3.8) is 0 Å². The summed E-state index contributed by atoms with van der Waals surface area (Å²) in [6.45, 7) is 0.578. The zero-order valence-electron chi connectivity index (χ0n) is 17.5. The molecule has 6 nitrogen and oxygen atoms in total. The molecule has 1 amide bonds. The second-order valence-corrected chi connectivity index (χ2v) is 8.56. The van der Waals surface area contributed by atoms with Crippen LogP contribution in [0.25, 0.3) is 0 Å². The zero-order valence-corrected chi connectivity index (χ0v) is 17.5. The number of fused-ring (bicyclic) bond motifs is 1. The number of carbonyl (C=O) groups is 3. The van der Waals surface area contributed by atoms with Crippen LogP contribution in [0.1, 0.15) is 24.8 Å². The van der Waals surface area contributed by atoms with Crippen LogP contribution in [0.15, 0.2) is 12.1 Å². The third-order valence-corrected chi connectivity index (χ3v) is 5.99. The van der Waals surface area contributed by atoms with Crippen molar-refractivity contribution in [1.29, 1.82) is 0 Å². The van der Waals surface area contributed by atoms with Gasteiger partial charge in [0.2, 0.25) is 17.5 Å². The largest absolute Gasteiger partial charge is 0.396 e. The molecular formula is C21H23F6N3O3. The van der Waals surface area contributed by atoms with Crippen molar-refractivity contribution in [3.05, 3.63) is 35.1 Å².